The van der Waals surface area contributed by atoms with Crippen LogP contribution in [0, 0.1) is 0 Å². The van der Waals surface area contributed by atoms with Gasteiger partial charge < -0.3 is 4.57 Å². The zero-order chi connectivity index (χ0) is 44.0. The van der Waals surface area contributed by atoms with E-state index in [2.05, 4.69) is 253 Å². The Bertz CT molecular complexity index is 4050. The summed E-state index contributed by atoms with van der Waals surface area (Å²) in [6, 6.07) is 92.5. The first kappa shape index (κ1) is 37.6. The van der Waals surface area contributed by atoms with Crippen LogP contribution in [0.5, 0.6) is 0 Å². The van der Waals surface area contributed by atoms with E-state index in [1.54, 1.807) is 0 Å². The third-order valence-electron chi connectivity index (χ3n) is 14.3. The van der Waals surface area contributed by atoms with Gasteiger partial charge >= 0.3 is 0 Å². The summed E-state index contributed by atoms with van der Waals surface area (Å²) in [5.41, 5.74) is 13.2. The highest BCUT2D eigenvalue weighted by Crippen LogP contribution is 2.44. The summed E-state index contributed by atoms with van der Waals surface area (Å²) in [7, 11) is 0. The fraction of sp³-hybridized carbons (Fsp3) is 0. The number of rotatable bonds is 5. The van der Waals surface area contributed by atoms with Crippen molar-refractivity contribution in [1.29, 1.82) is 0 Å². The molecule has 0 aliphatic heterocycles. The maximum Gasteiger partial charge on any atom is 0.0541 e. The van der Waals surface area contributed by atoms with Gasteiger partial charge in [0, 0.05) is 16.5 Å². The Kier molecular flexibility index (Phi) is 8.35. The lowest BCUT2D eigenvalue weighted by Crippen LogP contribution is -1.97. The Morgan fingerprint density at radius 1 is 0.194 bits per heavy atom. The molecule has 0 saturated heterocycles. The molecular weight excluding hydrogens is 807 g/mol. The first-order valence-corrected chi connectivity index (χ1v) is 23.2. The van der Waals surface area contributed by atoms with Crippen molar-refractivity contribution in [2.75, 3.05) is 0 Å². The second-order valence-corrected chi connectivity index (χ2v) is 18.0. The van der Waals surface area contributed by atoms with Gasteiger partial charge in [-0.2, -0.15) is 0 Å². The third-order valence-corrected chi connectivity index (χ3v) is 14.3. The van der Waals surface area contributed by atoms with Gasteiger partial charge in [-0.1, -0.05) is 194 Å². The summed E-state index contributed by atoms with van der Waals surface area (Å²) < 4.78 is 2.52. The van der Waals surface area contributed by atoms with Crippen molar-refractivity contribution in [3.05, 3.63) is 249 Å². The normalized spacial score (nSPS) is 11.9. The summed E-state index contributed by atoms with van der Waals surface area (Å²) >= 11 is 0. The highest BCUT2D eigenvalue weighted by atomic mass is 15.0. The molecule has 1 heterocycles. The quantitative estimate of drug-likeness (QED) is 0.152. The van der Waals surface area contributed by atoms with Crippen LogP contribution in [0.25, 0.3) is 137 Å². The second-order valence-electron chi connectivity index (χ2n) is 18.0. The zero-order valence-corrected chi connectivity index (χ0v) is 36.6. The van der Waals surface area contributed by atoms with Crippen LogP contribution in [0.1, 0.15) is 0 Å². The molecule has 0 aliphatic rings. The van der Waals surface area contributed by atoms with Crippen LogP contribution >= 0.6 is 0 Å². The minimum Gasteiger partial charge on any atom is -0.309 e. The molecule has 1 aromatic heterocycles. The summed E-state index contributed by atoms with van der Waals surface area (Å²) in [5.74, 6) is 0. The van der Waals surface area contributed by atoms with Gasteiger partial charge in [0.2, 0.25) is 0 Å². The fourth-order valence-corrected chi connectivity index (χ4v) is 11.2. The molecule has 0 amide bonds. The van der Waals surface area contributed by atoms with Gasteiger partial charge in [-0.15, -0.1) is 0 Å². The maximum atomic E-state index is 2.52. The molecule has 0 atom stereocenters. The van der Waals surface area contributed by atoms with E-state index >= 15 is 0 Å². The van der Waals surface area contributed by atoms with Gasteiger partial charge in [0.05, 0.1) is 11.0 Å². The van der Waals surface area contributed by atoms with Gasteiger partial charge in [0.15, 0.2) is 0 Å². The topological polar surface area (TPSA) is 4.93 Å². The van der Waals surface area contributed by atoms with Crippen molar-refractivity contribution < 1.29 is 0 Å². The largest absolute Gasteiger partial charge is 0.309 e. The summed E-state index contributed by atoms with van der Waals surface area (Å²) in [5, 5.41) is 17.5. The van der Waals surface area contributed by atoms with Crippen LogP contribution in [0.2, 0.25) is 0 Å². The van der Waals surface area contributed by atoms with Crippen LogP contribution in [0.4, 0.5) is 0 Å². The standard InChI is InChI=1S/C66H41N/c1-5-21-51-42(15-1)19-13-29-53(51)46-31-33-65-63(40-46)64-41-47(54-30-14-20-43-16-2-6-22-52(43)54)32-34-66(64)67(65)50-36-48(61-38-44-17-3-7-23-55(44)57-25-9-11-27-59(57)61)35-49(37-50)62-39-45-18-4-8-24-56(45)58-26-10-12-28-60(58)62/h1-41H. The average molecular weight is 848 g/mol. The van der Waals surface area contributed by atoms with Gasteiger partial charge in [0.25, 0.3) is 0 Å². The van der Waals surface area contributed by atoms with E-state index in [9.17, 15) is 0 Å². The molecule has 67 heavy (non-hydrogen) atoms. The SMILES string of the molecule is c1ccc2c(-c3ccc4c(c3)c3cc(-c5cccc6ccccc56)ccc3n4-c3cc(-c4cc5ccccc5c5ccccc45)cc(-c4cc5ccccc5c5ccccc45)c3)cccc2c1. The molecule has 310 valence electrons. The van der Waals surface area contributed by atoms with Crippen molar-refractivity contribution in [2.24, 2.45) is 0 Å². The van der Waals surface area contributed by atoms with Crippen molar-refractivity contribution in [3.63, 3.8) is 0 Å². The van der Waals surface area contributed by atoms with Gasteiger partial charge in [-0.25, -0.2) is 0 Å². The van der Waals surface area contributed by atoms with E-state index in [0.29, 0.717) is 0 Å². The van der Waals surface area contributed by atoms with E-state index in [1.807, 2.05) is 0 Å². The predicted octanol–water partition coefficient (Wildman–Crippen LogP) is 18.4. The monoisotopic (exact) mass is 847 g/mol. The van der Waals surface area contributed by atoms with Crippen LogP contribution in [-0.2, 0) is 0 Å². The van der Waals surface area contributed by atoms with Crippen LogP contribution in [-0.4, -0.2) is 4.57 Å². The Labute approximate surface area is 388 Å². The molecule has 13 aromatic carbocycles. The van der Waals surface area contributed by atoms with E-state index in [0.717, 1.165) is 5.69 Å². The average Bonchev–Trinajstić information content (AvgIpc) is 3.73. The van der Waals surface area contributed by atoms with Crippen LogP contribution in [0.3, 0.4) is 0 Å². The lowest BCUT2D eigenvalue weighted by atomic mass is 9.89. The van der Waals surface area contributed by atoms with E-state index < -0.39 is 0 Å². The number of hydrogen-bond acceptors (Lipinski definition) is 0. The highest BCUT2D eigenvalue weighted by molar-refractivity contribution is 6.17. The molecule has 0 fully saturated rings. The molecule has 0 saturated carbocycles. The van der Waals surface area contributed by atoms with Gasteiger partial charge in [-0.3, -0.25) is 0 Å². The molecule has 14 rings (SSSR count). The van der Waals surface area contributed by atoms with Crippen molar-refractivity contribution >= 4 is 86.4 Å². The fourth-order valence-electron chi connectivity index (χ4n) is 11.2. The van der Waals surface area contributed by atoms with Crippen LogP contribution in [0.15, 0.2) is 249 Å². The minimum absolute atomic E-state index is 1.12. The molecule has 0 N–H and O–H groups in total. The smallest absolute Gasteiger partial charge is 0.0541 e. The molecule has 0 radical (unpaired) electrons. The first-order valence-electron chi connectivity index (χ1n) is 23.2. The van der Waals surface area contributed by atoms with Crippen molar-refractivity contribution in [2.45, 2.75) is 0 Å². The lowest BCUT2D eigenvalue weighted by molar-refractivity contribution is 1.18. The van der Waals surface area contributed by atoms with Gasteiger partial charge in [0.1, 0.15) is 0 Å². The Hall–Kier alpha value is -8.78. The van der Waals surface area contributed by atoms with E-state index in [4.69, 9.17) is 0 Å². The first-order chi connectivity index (χ1) is 33.2. The second kappa shape index (κ2) is 14.9. The third kappa shape index (κ3) is 5.95. The molecule has 0 aliphatic carbocycles. The molecule has 1 nitrogen and oxygen atoms in total. The van der Waals surface area contributed by atoms with E-state index in [1.165, 1.54) is 131 Å². The summed E-state index contributed by atoms with van der Waals surface area (Å²) in [6.45, 7) is 0. The van der Waals surface area contributed by atoms with E-state index in [-0.39, 0.29) is 0 Å². The predicted molar refractivity (Wildman–Crippen MR) is 288 cm³/mol. The number of aromatic nitrogens is 1. The van der Waals surface area contributed by atoms with Crippen LogP contribution < -0.4 is 0 Å². The molecular formula is C66H41N. The number of benzene rings is 13. The Morgan fingerprint density at radius 3 is 1.03 bits per heavy atom. The molecule has 0 bridgehead atoms. The zero-order valence-electron chi connectivity index (χ0n) is 36.6. The van der Waals surface area contributed by atoms with Crippen molar-refractivity contribution in [1.82, 2.24) is 4.57 Å². The summed E-state index contributed by atoms with van der Waals surface area (Å²) in [4.78, 5) is 0. The summed E-state index contributed by atoms with van der Waals surface area (Å²) in [6.07, 6.45) is 0. The Morgan fingerprint density at radius 2 is 0.567 bits per heavy atom. The minimum atomic E-state index is 1.12. The molecule has 1 heteroatoms. The highest BCUT2D eigenvalue weighted by Gasteiger charge is 2.20. The number of hydrogen-bond donors (Lipinski definition) is 0. The van der Waals surface area contributed by atoms with Gasteiger partial charge in [-0.05, 0) is 164 Å². The molecule has 14 aromatic rings. The molecule has 0 unspecified atom stereocenters. The maximum absolute atomic E-state index is 2.52. The Balaban J connectivity index is 1.09. The lowest BCUT2D eigenvalue weighted by Gasteiger charge is -2.18. The van der Waals surface area contributed by atoms with Crippen molar-refractivity contribution in [3.8, 4) is 50.2 Å². The number of nitrogens with zero attached hydrogens (tertiary/aromatic N) is 1. The number of fused-ring (bicyclic) bond motifs is 11. The molecule has 0 spiro atoms.